The zero-order valence-electron chi connectivity index (χ0n) is 26.2. The topological polar surface area (TPSA) is 38.7 Å². The Morgan fingerprint density at radius 2 is 1.13 bits per heavy atom. The molecule has 3 heterocycles. The summed E-state index contributed by atoms with van der Waals surface area (Å²) in [6.45, 7) is 4.37. The van der Waals surface area contributed by atoms with E-state index in [9.17, 15) is 0 Å². The van der Waals surface area contributed by atoms with Crippen LogP contribution in [0.1, 0.15) is 23.7 Å². The lowest BCUT2D eigenvalue weighted by molar-refractivity contribution is 1.18. The Morgan fingerprint density at radius 3 is 1.79 bits per heavy atom. The number of aromatic nitrogens is 3. The number of thiophene rings is 1. The third-order valence-corrected chi connectivity index (χ3v) is 9.84. The smallest absolute Gasteiger partial charge is 0.160 e. The molecule has 8 aromatic rings. The molecule has 0 aliphatic rings. The summed E-state index contributed by atoms with van der Waals surface area (Å²) in [6, 6.07) is 50.4. The predicted octanol–water partition coefficient (Wildman–Crippen LogP) is 11.8. The average molecular weight is 622 g/mol. The van der Waals surface area contributed by atoms with Crippen LogP contribution in [0.5, 0.6) is 0 Å². The molecule has 0 atom stereocenters. The van der Waals surface area contributed by atoms with E-state index in [1.807, 2.05) is 47.7 Å². The van der Waals surface area contributed by atoms with E-state index >= 15 is 0 Å². The SMILES string of the molecule is C/C(=C\c1nc(-c2ccccc2)c2sc3ccccc3c2c1C)c1ccc(-c2cc(-c3ccccc3)nc(-c3ccccc3)n2)cc1. The molecule has 0 saturated carbocycles. The highest BCUT2D eigenvalue weighted by Crippen LogP contribution is 2.42. The van der Waals surface area contributed by atoms with Crippen molar-refractivity contribution in [1.29, 1.82) is 0 Å². The number of hydrogen-bond acceptors (Lipinski definition) is 4. The molecule has 0 fully saturated rings. The first-order valence-corrected chi connectivity index (χ1v) is 16.6. The van der Waals surface area contributed by atoms with Gasteiger partial charge in [-0.1, -0.05) is 133 Å². The maximum absolute atomic E-state index is 5.29. The van der Waals surface area contributed by atoms with Crippen LogP contribution in [0.4, 0.5) is 0 Å². The fourth-order valence-electron chi connectivity index (χ4n) is 6.16. The second-order valence-corrected chi connectivity index (χ2v) is 12.8. The van der Waals surface area contributed by atoms with E-state index in [-0.39, 0.29) is 0 Å². The van der Waals surface area contributed by atoms with Crippen molar-refractivity contribution in [1.82, 2.24) is 15.0 Å². The van der Waals surface area contributed by atoms with Crippen molar-refractivity contribution in [3.05, 3.63) is 162 Å². The standard InChI is InChI=1S/C43H31N3S/c1-28(26-36-29(2)40-35-20-12-13-21-39(35)47-42(40)41(44-36)33-16-8-4-9-17-33)30-22-24-32(25-23-30)38-27-37(31-14-6-3-7-15-31)45-43(46-38)34-18-10-5-11-19-34/h3-27H,1-2H3/b28-26+. The van der Waals surface area contributed by atoms with E-state index in [4.69, 9.17) is 15.0 Å². The Morgan fingerprint density at radius 1 is 0.574 bits per heavy atom. The lowest BCUT2D eigenvalue weighted by Crippen LogP contribution is -1.96. The van der Waals surface area contributed by atoms with Gasteiger partial charge in [0, 0.05) is 37.7 Å². The Kier molecular flexibility index (Phi) is 7.48. The van der Waals surface area contributed by atoms with E-state index < -0.39 is 0 Å². The third-order valence-electron chi connectivity index (χ3n) is 8.67. The molecule has 3 nitrogen and oxygen atoms in total. The summed E-state index contributed by atoms with van der Waals surface area (Å²) < 4.78 is 2.53. The number of nitrogens with zero attached hydrogens (tertiary/aromatic N) is 3. The van der Waals surface area contributed by atoms with Gasteiger partial charge >= 0.3 is 0 Å². The first-order chi connectivity index (χ1) is 23.1. The molecule has 0 spiro atoms. The second-order valence-electron chi connectivity index (χ2n) is 11.7. The molecular weight excluding hydrogens is 591 g/mol. The van der Waals surface area contributed by atoms with Crippen LogP contribution in [0, 0.1) is 6.92 Å². The molecule has 0 saturated heterocycles. The number of pyridine rings is 1. The summed E-state index contributed by atoms with van der Waals surface area (Å²) in [5.41, 5.74) is 11.6. The van der Waals surface area contributed by atoms with Gasteiger partial charge in [0.1, 0.15) is 0 Å². The Balaban J connectivity index is 1.20. The lowest BCUT2D eigenvalue weighted by atomic mass is 9.99. The van der Waals surface area contributed by atoms with Gasteiger partial charge in [0.2, 0.25) is 0 Å². The zero-order valence-corrected chi connectivity index (χ0v) is 27.0. The zero-order chi connectivity index (χ0) is 31.7. The minimum absolute atomic E-state index is 0.717. The van der Waals surface area contributed by atoms with E-state index in [1.54, 1.807) is 0 Å². The summed E-state index contributed by atoms with van der Waals surface area (Å²) in [5.74, 6) is 0.717. The Labute approximate surface area is 278 Å². The molecule has 0 unspecified atom stereocenters. The molecule has 0 amide bonds. The largest absolute Gasteiger partial charge is 0.247 e. The molecule has 4 heteroatoms. The first kappa shape index (κ1) is 28.7. The van der Waals surface area contributed by atoms with E-state index in [0.717, 1.165) is 56.2 Å². The van der Waals surface area contributed by atoms with Gasteiger partial charge in [-0.2, -0.15) is 0 Å². The van der Waals surface area contributed by atoms with Crippen molar-refractivity contribution in [2.75, 3.05) is 0 Å². The van der Waals surface area contributed by atoms with Crippen molar-refractivity contribution in [2.45, 2.75) is 13.8 Å². The van der Waals surface area contributed by atoms with E-state index in [1.165, 1.54) is 25.7 Å². The molecule has 0 radical (unpaired) electrons. The van der Waals surface area contributed by atoms with Gasteiger partial charge in [0.05, 0.1) is 27.5 Å². The number of rotatable bonds is 6. The number of benzene rings is 5. The predicted molar refractivity (Wildman–Crippen MR) is 199 cm³/mol. The average Bonchev–Trinajstić information content (AvgIpc) is 3.54. The van der Waals surface area contributed by atoms with E-state index in [0.29, 0.717) is 5.82 Å². The van der Waals surface area contributed by atoms with Crippen molar-refractivity contribution >= 4 is 43.2 Å². The second kappa shape index (κ2) is 12.2. The molecule has 0 N–H and O–H groups in total. The molecule has 0 aliphatic heterocycles. The minimum Gasteiger partial charge on any atom is -0.247 e. The van der Waals surface area contributed by atoms with Crippen LogP contribution < -0.4 is 0 Å². The molecular formula is C43H31N3S. The Hall–Kier alpha value is -5.71. The van der Waals surface area contributed by atoms with Gasteiger partial charge in [-0.3, -0.25) is 0 Å². The molecule has 0 aliphatic carbocycles. The highest BCUT2D eigenvalue weighted by molar-refractivity contribution is 7.26. The molecule has 0 bridgehead atoms. The lowest BCUT2D eigenvalue weighted by Gasteiger charge is -2.11. The first-order valence-electron chi connectivity index (χ1n) is 15.8. The monoisotopic (exact) mass is 621 g/mol. The number of fused-ring (bicyclic) bond motifs is 3. The quantitative estimate of drug-likeness (QED) is 0.185. The number of hydrogen-bond donors (Lipinski definition) is 0. The van der Waals surface area contributed by atoms with Crippen LogP contribution >= 0.6 is 11.3 Å². The molecule has 3 aromatic heterocycles. The summed E-state index contributed by atoms with van der Waals surface area (Å²) in [6.07, 6.45) is 2.23. The van der Waals surface area contributed by atoms with Crippen molar-refractivity contribution in [3.63, 3.8) is 0 Å². The van der Waals surface area contributed by atoms with Crippen LogP contribution in [-0.2, 0) is 0 Å². The summed E-state index contributed by atoms with van der Waals surface area (Å²) in [4.78, 5) is 15.2. The minimum atomic E-state index is 0.717. The van der Waals surface area contributed by atoms with Crippen LogP contribution in [-0.4, -0.2) is 15.0 Å². The van der Waals surface area contributed by atoms with Gasteiger partial charge in [-0.25, -0.2) is 15.0 Å². The van der Waals surface area contributed by atoms with Crippen LogP contribution in [0.15, 0.2) is 146 Å². The maximum atomic E-state index is 5.29. The van der Waals surface area contributed by atoms with Gasteiger partial charge in [0.25, 0.3) is 0 Å². The molecule has 8 rings (SSSR count). The van der Waals surface area contributed by atoms with Crippen molar-refractivity contribution in [3.8, 4) is 45.2 Å². The number of allylic oxidation sites excluding steroid dienone is 1. The summed E-state index contributed by atoms with van der Waals surface area (Å²) >= 11 is 1.83. The number of aryl methyl sites for hydroxylation is 1. The summed E-state index contributed by atoms with van der Waals surface area (Å²) in [5, 5.41) is 2.58. The van der Waals surface area contributed by atoms with Crippen LogP contribution in [0.3, 0.4) is 0 Å². The summed E-state index contributed by atoms with van der Waals surface area (Å²) in [7, 11) is 0. The van der Waals surface area contributed by atoms with Gasteiger partial charge in [-0.15, -0.1) is 11.3 Å². The van der Waals surface area contributed by atoms with E-state index in [2.05, 4.69) is 129 Å². The fourth-order valence-corrected chi connectivity index (χ4v) is 7.43. The highest BCUT2D eigenvalue weighted by atomic mass is 32.1. The van der Waals surface area contributed by atoms with Gasteiger partial charge in [0.15, 0.2) is 5.82 Å². The van der Waals surface area contributed by atoms with Crippen LogP contribution in [0.25, 0.3) is 77.0 Å². The van der Waals surface area contributed by atoms with Gasteiger partial charge < -0.3 is 0 Å². The van der Waals surface area contributed by atoms with Crippen LogP contribution in [0.2, 0.25) is 0 Å². The molecule has 5 aromatic carbocycles. The third kappa shape index (κ3) is 5.54. The normalized spacial score (nSPS) is 11.7. The Bertz CT molecular complexity index is 2340. The molecule has 47 heavy (non-hydrogen) atoms. The highest BCUT2D eigenvalue weighted by Gasteiger charge is 2.17. The fraction of sp³-hybridized carbons (Fsp3) is 0.0465. The van der Waals surface area contributed by atoms with Crippen molar-refractivity contribution < 1.29 is 0 Å². The maximum Gasteiger partial charge on any atom is 0.160 e. The van der Waals surface area contributed by atoms with Crippen molar-refractivity contribution in [2.24, 2.45) is 0 Å². The molecule has 224 valence electrons. The van der Waals surface area contributed by atoms with Gasteiger partial charge in [-0.05, 0) is 48.8 Å².